The smallest absolute Gasteiger partial charge is 0.226 e. The number of hydrogen-bond acceptors (Lipinski definition) is 5. The summed E-state index contributed by atoms with van der Waals surface area (Å²) in [6.07, 6.45) is 6.33. The Bertz CT molecular complexity index is 1010. The molecule has 1 aromatic carbocycles. The Morgan fingerprint density at radius 2 is 2.13 bits per heavy atom. The molecule has 0 saturated carbocycles. The van der Waals surface area contributed by atoms with Crippen molar-refractivity contribution in [2.75, 3.05) is 32.8 Å². The third-order valence-corrected chi connectivity index (χ3v) is 5.28. The molecule has 8 heteroatoms. The van der Waals surface area contributed by atoms with Crippen LogP contribution >= 0.6 is 0 Å². The number of oxazole rings is 1. The molecule has 1 aliphatic rings. The van der Waals surface area contributed by atoms with Gasteiger partial charge < -0.3 is 19.4 Å². The van der Waals surface area contributed by atoms with Gasteiger partial charge in [-0.2, -0.15) is 5.10 Å². The van der Waals surface area contributed by atoms with Gasteiger partial charge in [-0.15, -0.1) is 0 Å². The number of aliphatic imine (C=N–C) groups is 1. The number of rotatable bonds is 6. The maximum atomic E-state index is 5.96. The van der Waals surface area contributed by atoms with Gasteiger partial charge in [-0.1, -0.05) is 17.7 Å². The van der Waals surface area contributed by atoms with Crippen molar-refractivity contribution in [3.8, 4) is 11.5 Å². The van der Waals surface area contributed by atoms with Crippen LogP contribution < -0.4 is 5.32 Å². The van der Waals surface area contributed by atoms with Crippen LogP contribution in [0.15, 0.2) is 52.3 Å². The molecule has 1 aliphatic heterocycles. The molecular formula is C23H30N6O2. The number of benzene rings is 1. The number of aromatic nitrogens is 3. The molecule has 0 amide bonds. The van der Waals surface area contributed by atoms with E-state index in [-0.39, 0.29) is 6.10 Å². The van der Waals surface area contributed by atoms with Crippen molar-refractivity contribution in [2.24, 2.45) is 12.0 Å². The fourth-order valence-electron chi connectivity index (χ4n) is 3.60. The van der Waals surface area contributed by atoms with Gasteiger partial charge in [-0.05, 0) is 26.0 Å². The summed E-state index contributed by atoms with van der Waals surface area (Å²) in [4.78, 5) is 11.7. The normalized spacial score (nSPS) is 17.2. The first-order valence-corrected chi connectivity index (χ1v) is 10.8. The van der Waals surface area contributed by atoms with Gasteiger partial charge >= 0.3 is 0 Å². The summed E-state index contributed by atoms with van der Waals surface area (Å²) in [5.41, 5.74) is 4.21. The predicted molar refractivity (Wildman–Crippen MR) is 120 cm³/mol. The lowest BCUT2D eigenvalue weighted by atomic mass is 10.1. The Kier molecular flexibility index (Phi) is 6.66. The molecule has 0 aliphatic carbocycles. The fourth-order valence-corrected chi connectivity index (χ4v) is 3.60. The van der Waals surface area contributed by atoms with Gasteiger partial charge in [0.1, 0.15) is 12.4 Å². The van der Waals surface area contributed by atoms with Gasteiger partial charge in [0.15, 0.2) is 5.96 Å². The molecule has 3 aromatic rings. The number of morpholine rings is 1. The van der Waals surface area contributed by atoms with Crippen molar-refractivity contribution >= 4 is 5.96 Å². The SMILES string of the molecule is CCNC(=NCCc1coc(-c2ccc(C)cc2)n1)N1CCOC(c2cnn(C)c2)C1. The zero-order valence-corrected chi connectivity index (χ0v) is 18.4. The van der Waals surface area contributed by atoms with Gasteiger partial charge in [0.2, 0.25) is 5.89 Å². The first-order valence-electron chi connectivity index (χ1n) is 10.8. The molecule has 164 valence electrons. The van der Waals surface area contributed by atoms with E-state index in [1.807, 2.05) is 31.6 Å². The van der Waals surface area contributed by atoms with Crippen LogP contribution in [0.4, 0.5) is 0 Å². The summed E-state index contributed by atoms with van der Waals surface area (Å²) >= 11 is 0. The van der Waals surface area contributed by atoms with Gasteiger partial charge in [0.05, 0.1) is 25.0 Å². The molecule has 1 saturated heterocycles. The summed E-state index contributed by atoms with van der Waals surface area (Å²) in [6, 6.07) is 8.19. The predicted octanol–water partition coefficient (Wildman–Crippen LogP) is 2.97. The molecule has 1 N–H and O–H groups in total. The third kappa shape index (κ3) is 5.32. The lowest BCUT2D eigenvalue weighted by molar-refractivity contribution is -0.00803. The largest absolute Gasteiger partial charge is 0.444 e. The second kappa shape index (κ2) is 9.78. The maximum absolute atomic E-state index is 5.96. The zero-order valence-electron chi connectivity index (χ0n) is 18.4. The summed E-state index contributed by atoms with van der Waals surface area (Å²) < 4.78 is 13.4. The van der Waals surface area contributed by atoms with Crippen LogP contribution in [0, 0.1) is 6.92 Å². The number of guanidine groups is 1. The first kappa shape index (κ1) is 21.1. The molecule has 8 nitrogen and oxygen atoms in total. The molecular weight excluding hydrogens is 392 g/mol. The molecule has 0 spiro atoms. The van der Waals surface area contributed by atoms with E-state index in [4.69, 9.17) is 14.1 Å². The van der Waals surface area contributed by atoms with Crippen LogP contribution in [0.5, 0.6) is 0 Å². The van der Waals surface area contributed by atoms with E-state index < -0.39 is 0 Å². The third-order valence-electron chi connectivity index (χ3n) is 5.28. The van der Waals surface area contributed by atoms with Crippen LogP contribution in [0.2, 0.25) is 0 Å². The van der Waals surface area contributed by atoms with Crippen molar-refractivity contribution in [1.82, 2.24) is 25.0 Å². The van der Waals surface area contributed by atoms with E-state index in [2.05, 4.69) is 46.3 Å². The van der Waals surface area contributed by atoms with Gasteiger partial charge in [0, 0.05) is 50.4 Å². The minimum Gasteiger partial charge on any atom is -0.444 e. The minimum atomic E-state index is -0.00101. The van der Waals surface area contributed by atoms with Gasteiger partial charge in [-0.3, -0.25) is 9.67 Å². The number of aryl methyl sites for hydroxylation is 2. The molecule has 1 fully saturated rings. The second-order valence-corrected chi connectivity index (χ2v) is 7.75. The van der Waals surface area contributed by atoms with Crippen LogP contribution in [0.1, 0.15) is 29.8 Å². The van der Waals surface area contributed by atoms with E-state index in [1.165, 1.54) is 5.56 Å². The summed E-state index contributed by atoms with van der Waals surface area (Å²) in [5.74, 6) is 1.56. The van der Waals surface area contributed by atoms with Crippen molar-refractivity contribution in [3.05, 3.63) is 59.7 Å². The topological polar surface area (TPSA) is 80.7 Å². The van der Waals surface area contributed by atoms with Crippen molar-refractivity contribution in [3.63, 3.8) is 0 Å². The average Bonchev–Trinajstić information content (AvgIpc) is 3.43. The van der Waals surface area contributed by atoms with Gasteiger partial charge in [-0.25, -0.2) is 4.98 Å². The monoisotopic (exact) mass is 422 g/mol. The molecule has 3 heterocycles. The number of ether oxygens (including phenoxy) is 1. The number of nitrogens with one attached hydrogen (secondary N) is 1. The highest BCUT2D eigenvalue weighted by atomic mass is 16.5. The van der Waals surface area contributed by atoms with E-state index in [0.29, 0.717) is 19.0 Å². The number of hydrogen-bond donors (Lipinski definition) is 1. The molecule has 1 unspecified atom stereocenters. The highest BCUT2D eigenvalue weighted by molar-refractivity contribution is 5.80. The quantitative estimate of drug-likeness (QED) is 0.486. The van der Waals surface area contributed by atoms with Crippen molar-refractivity contribution in [2.45, 2.75) is 26.4 Å². The van der Waals surface area contributed by atoms with E-state index >= 15 is 0 Å². The fraction of sp³-hybridized carbons (Fsp3) is 0.435. The molecule has 0 radical (unpaired) electrons. The van der Waals surface area contributed by atoms with E-state index in [9.17, 15) is 0 Å². The lowest BCUT2D eigenvalue weighted by Crippen LogP contribution is -2.48. The van der Waals surface area contributed by atoms with E-state index in [0.717, 1.165) is 48.8 Å². The summed E-state index contributed by atoms with van der Waals surface area (Å²) in [7, 11) is 1.92. The molecule has 0 bridgehead atoms. The van der Waals surface area contributed by atoms with Crippen molar-refractivity contribution < 1.29 is 9.15 Å². The lowest BCUT2D eigenvalue weighted by Gasteiger charge is -2.34. The molecule has 2 aromatic heterocycles. The van der Waals surface area contributed by atoms with Crippen molar-refractivity contribution in [1.29, 1.82) is 0 Å². The molecule has 4 rings (SSSR count). The Morgan fingerprint density at radius 3 is 2.87 bits per heavy atom. The van der Waals surface area contributed by atoms with Crippen LogP contribution in [0.25, 0.3) is 11.5 Å². The molecule has 1 atom stereocenters. The van der Waals surface area contributed by atoms with E-state index in [1.54, 1.807) is 10.9 Å². The first-order chi connectivity index (χ1) is 15.1. The highest BCUT2D eigenvalue weighted by Gasteiger charge is 2.25. The Morgan fingerprint density at radius 1 is 1.29 bits per heavy atom. The standard InChI is InChI=1S/C23H30N6O2/c1-4-24-23(29-11-12-30-21(15-29)19-13-26-28(3)14-19)25-10-9-20-16-31-22(27-20)18-7-5-17(2)6-8-18/h5-8,13-14,16,21H,4,9-12,15H2,1-3H3,(H,24,25). The highest BCUT2D eigenvalue weighted by Crippen LogP contribution is 2.22. The summed E-state index contributed by atoms with van der Waals surface area (Å²) in [6.45, 7) is 7.82. The van der Waals surface area contributed by atoms with Gasteiger partial charge in [0.25, 0.3) is 0 Å². The Balaban J connectivity index is 1.38. The minimum absolute atomic E-state index is 0.00101. The van der Waals surface area contributed by atoms with Crippen LogP contribution in [-0.4, -0.2) is 58.4 Å². The Labute approximate surface area is 182 Å². The van der Waals surface area contributed by atoms with Crippen LogP contribution in [-0.2, 0) is 18.2 Å². The van der Waals surface area contributed by atoms with Crippen LogP contribution in [0.3, 0.4) is 0 Å². The Hall–Kier alpha value is -3.13. The number of nitrogens with zero attached hydrogens (tertiary/aromatic N) is 5. The average molecular weight is 423 g/mol. The zero-order chi connectivity index (χ0) is 21.6. The molecule has 31 heavy (non-hydrogen) atoms. The second-order valence-electron chi connectivity index (χ2n) is 7.75. The maximum Gasteiger partial charge on any atom is 0.226 e. The summed E-state index contributed by atoms with van der Waals surface area (Å²) in [5, 5.41) is 7.67.